The van der Waals surface area contributed by atoms with E-state index in [0.29, 0.717) is 18.7 Å². The molecule has 1 atom stereocenters. The van der Waals surface area contributed by atoms with Crippen molar-refractivity contribution < 1.29 is 14.3 Å². The van der Waals surface area contributed by atoms with Gasteiger partial charge >= 0.3 is 0 Å². The van der Waals surface area contributed by atoms with Gasteiger partial charge in [0.15, 0.2) is 0 Å². The van der Waals surface area contributed by atoms with E-state index in [4.69, 9.17) is 4.74 Å². The van der Waals surface area contributed by atoms with E-state index in [-0.39, 0.29) is 17.2 Å². The van der Waals surface area contributed by atoms with Crippen LogP contribution in [0.25, 0.3) is 0 Å². The van der Waals surface area contributed by atoms with Crippen LogP contribution in [0.15, 0.2) is 24.3 Å². The molecule has 1 aromatic carbocycles. The van der Waals surface area contributed by atoms with Gasteiger partial charge in [-0.25, -0.2) is 0 Å². The fraction of sp³-hybridized carbons (Fsp3) is 0.529. The van der Waals surface area contributed by atoms with Gasteiger partial charge in [0.2, 0.25) is 11.8 Å². The molecule has 0 aliphatic carbocycles. The summed E-state index contributed by atoms with van der Waals surface area (Å²) in [5.41, 5.74) is 1.04. The highest BCUT2D eigenvalue weighted by Gasteiger charge is 2.34. The Labute approximate surface area is 141 Å². The maximum atomic E-state index is 12.2. The second-order valence-corrected chi connectivity index (χ2v) is 6.90. The van der Waals surface area contributed by atoms with Gasteiger partial charge in [0.25, 0.3) is 0 Å². The van der Waals surface area contributed by atoms with E-state index >= 15 is 0 Å². The Morgan fingerprint density at radius 2 is 2.04 bits per heavy atom. The maximum absolute atomic E-state index is 12.2. The second-order valence-electron chi connectivity index (χ2n) is 5.83. The van der Waals surface area contributed by atoms with Gasteiger partial charge in [0, 0.05) is 31.6 Å². The molecular formula is C17H22N2O3S. The standard InChI is InChI=1S/C17H22N2O3S/c1-22-14-7-3-2-6-13(14)17-19(16(21)12-23-17)11-5-10-18-9-4-8-15(18)20/h2-3,6-7,17H,4-5,8-12H2,1H3. The predicted octanol–water partition coefficient (Wildman–Crippen LogP) is 2.28. The largest absolute Gasteiger partial charge is 0.496 e. The highest BCUT2D eigenvalue weighted by Crippen LogP contribution is 2.42. The normalized spacial score (nSPS) is 21.3. The summed E-state index contributed by atoms with van der Waals surface area (Å²) < 4.78 is 5.44. The van der Waals surface area contributed by atoms with E-state index in [9.17, 15) is 9.59 Å². The first-order chi connectivity index (χ1) is 11.2. The van der Waals surface area contributed by atoms with Crippen molar-refractivity contribution in [3.8, 4) is 5.75 Å². The number of amides is 2. The van der Waals surface area contributed by atoms with Gasteiger partial charge in [0.05, 0.1) is 12.9 Å². The van der Waals surface area contributed by atoms with Crippen molar-refractivity contribution in [2.24, 2.45) is 0 Å². The summed E-state index contributed by atoms with van der Waals surface area (Å²) in [6.07, 6.45) is 2.45. The number of thioether (sulfide) groups is 1. The lowest BCUT2D eigenvalue weighted by Gasteiger charge is -2.26. The van der Waals surface area contributed by atoms with Crippen LogP contribution in [-0.2, 0) is 9.59 Å². The van der Waals surface area contributed by atoms with Crippen molar-refractivity contribution in [3.63, 3.8) is 0 Å². The average Bonchev–Trinajstić information content (AvgIpc) is 3.14. The zero-order chi connectivity index (χ0) is 16.2. The van der Waals surface area contributed by atoms with Crippen LogP contribution in [-0.4, -0.2) is 54.1 Å². The highest BCUT2D eigenvalue weighted by molar-refractivity contribution is 8.00. The van der Waals surface area contributed by atoms with Crippen LogP contribution in [0, 0.1) is 0 Å². The van der Waals surface area contributed by atoms with Gasteiger partial charge in [-0.2, -0.15) is 0 Å². The Hall–Kier alpha value is -1.69. The zero-order valence-corrected chi connectivity index (χ0v) is 14.2. The molecule has 1 aromatic rings. The molecular weight excluding hydrogens is 312 g/mol. The number of ether oxygens (including phenoxy) is 1. The first kappa shape index (κ1) is 16.2. The van der Waals surface area contributed by atoms with Crippen molar-refractivity contribution in [1.82, 2.24) is 9.80 Å². The molecule has 23 heavy (non-hydrogen) atoms. The molecule has 2 saturated heterocycles. The lowest BCUT2D eigenvalue weighted by molar-refractivity contribution is -0.128. The number of hydrogen-bond donors (Lipinski definition) is 0. The van der Waals surface area contributed by atoms with Gasteiger partial charge in [-0.1, -0.05) is 18.2 Å². The number of hydrogen-bond acceptors (Lipinski definition) is 4. The quantitative estimate of drug-likeness (QED) is 0.801. The van der Waals surface area contributed by atoms with Gasteiger partial charge in [-0.15, -0.1) is 11.8 Å². The third kappa shape index (κ3) is 3.47. The number of benzene rings is 1. The number of likely N-dealkylation sites (tertiary alicyclic amines) is 1. The third-order valence-corrected chi connectivity index (χ3v) is 5.61. The molecule has 2 heterocycles. The maximum Gasteiger partial charge on any atom is 0.233 e. The minimum Gasteiger partial charge on any atom is -0.496 e. The van der Waals surface area contributed by atoms with Crippen LogP contribution in [0.1, 0.15) is 30.2 Å². The van der Waals surface area contributed by atoms with Crippen LogP contribution < -0.4 is 4.74 Å². The van der Waals surface area contributed by atoms with Crippen molar-refractivity contribution in [3.05, 3.63) is 29.8 Å². The molecule has 124 valence electrons. The Bertz CT molecular complexity index is 593. The molecule has 2 fully saturated rings. The number of para-hydroxylation sites is 1. The van der Waals surface area contributed by atoms with E-state index in [1.54, 1.807) is 18.9 Å². The van der Waals surface area contributed by atoms with Gasteiger partial charge in [0.1, 0.15) is 11.1 Å². The topological polar surface area (TPSA) is 49.9 Å². The van der Waals surface area contributed by atoms with Gasteiger partial charge in [-0.05, 0) is 18.9 Å². The molecule has 0 spiro atoms. The summed E-state index contributed by atoms with van der Waals surface area (Å²) in [7, 11) is 1.66. The van der Waals surface area contributed by atoms with Crippen molar-refractivity contribution in [2.45, 2.75) is 24.6 Å². The Morgan fingerprint density at radius 1 is 1.22 bits per heavy atom. The summed E-state index contributed by atoms with van der Waals surface area (Å²) in [6, 6.07) is 7.86. The van der Waals surface area contributed by atoms with Crippen LogP contribution >= 0.6 is 11.8 Å². The molecule has 2 aliphatic rings. The summed E-state index contributed by atoms with van der Waals surface area (Å²) >= 11 is 1.64. The highest BCUT2D eigenvalue weighted by atomic mass is 32.2. The minimum atomic E-state index is 0.00734. The SMILES string of the molecule is COc1ccccc1C1SCC(=O)N1CCCN1CCCC1=O. The number of rotatable bonds is 6. The summed E-state index contributed by atoms with van der Waals surface area (Å²) in [5, 5.41) is 0.00734. The van der Waals surface area contributed by atoms with E-state index in [0.717, 1.165) is 37.2 Å². The summed E-state index contributed by atoms with van der Waals surface area (Å²) in [5.74, 6) is 1.73. The summed E-state index contributed by atoms with van der Waals surface area (Å²) in [6.45, 7) is 2.28. The number of carbonyl (C=O) groups is 2. The van der Waals surface area contributed by atoms with E-state index < -0.39 is 0 Å². The Balaban J connectivity index is 1.64. The Kier molecular flexibility index (Phi) is 5.10. The molecule has 2 aliphatic heterocycles. The smallest absolute Gasteiger partial charge is 0.233 e. The zero-order valence-electron chi connectivity index (χ0n) is 13.4. The van der Waals surface area contributed by atoms with Crippen LogP contribution in [0.4, 0.5) is 0 Å². The first-order valence-electron chi connectivity index (χ1n) is 8.02. The first-order valence-corrected chi connectivity index (χ1v) is 9.07. The molecule has 1 unspecified atom stereocenters. The van der Waals surface area contributed by atoms with Crippen molar-refractivity contribution >= 4 is 23.6 Å². The van der Waals surface area contributed by atoms with Gasteiger partial charge < -0.3 is 14.5 Å². The molecule has 0 bridgehead atoms. The second kappa shape index (κ2) is 7.25. The lowest BCUT2D eigenvalue weighted by atomic mass is 10.1. The molecule has 6 heteroatoms. The monoisotopic (exact) mass is 334 g/mol. The lowest BCUT2D eigenvalue weighted by Crippen LogP contribution is -2.33. The fourth-order valence-corrected chi connectivity index (χ4v) is 4.44. The molecule has 0 aromatic heterocycles. The summed E-state index contributed by atoms with van der Waals surface area (Å²) in [4.78, 5) is 27.7. The molecule has 5 nitrogen and oxygen atoms in total. The van der Waals surface area contributed by atoms with Crippen LogP contribution in [0.3, 0.4) is 0 Å². The van der Waals surface area contributed by atoms with Crippen molar-refractivity contribution in [1.29, 1.82) is 0 Å². The van der Waals surface area contributed by atoms with E-state index in [1.165, 1.54) is 0 Å². The van der Waals surface area contributed by atoms with Crippen LogP contribution in [0.2, 0.25) is 0 Å². The minimum absolute atomic E-state index is 0.00734. The number of methoxy groups -OCH3 is 1. The molecule has 0 saturated carbocycles. The molecule has 0 radical (unpaired) electrons. The van der Waals surface area contributed by atoms with Crippen LogP contribution in [0.5, 0.6) is 5.75 Å². The number of carbonyl (C=O) groups excluding carboxylic acids is 2. The third-order valence-electron chi connectivity index (χ3n) is 4.37. The molecule has 0 N–H and O–H groups in total. The molecule has 3 rings (SSSR count). The van der Waals surface area contributed by atoms with Crippen molar-refractivity contribution in [2.75, 3.05) is 32.5 Å². The number of nitrogens with zero attached hydrogens (tertiary/aromatic N) is 2. The van der Waals surface area contributed by atoms with Gasteiger partial charge in [-0.3, -0.25) is 9.59 Å². The average molecular weight is 334 g/mol. The van der Waals surface area contributed by atoms with E-state index in [2.05, 4.69) is 0 Å². The molecule has 2 amide bonds. The predicted molar refractivity (Wildman–Crippen MR) is 90.3 cm³/mol. The van der Waals surface area contributed by atoms with E-state index in [1.807, 2.05) is 34.1 Å². The Morgan fingerprint density at radius 3 is 2.78 bits per heavy atom. The fourth-order valence-electron chi connectivity index (χ4n) is 3.20.